The number of anilines is 2. The molecule has 0 atom stereocenters. The van der Waals surface area contributed by atoms with Crippen molar-refractivity contribution in [2.75, 3.05) is 16.4 Å². The van der Waals surface area contributed by atoms with Crippen molar-refractivity contribution in [2.24, 2.45) is 0 Å². The molecule has 0 heterocycles. The fourth-order valence-electron chi connectivity index (χ4n) is 1.75. The number of halogens is 1. The fourth-order valence-corrected chi connectivity index (χ4v) is 2.45. The molecule has 0 aliphatic rings. The molecule has 6 heteroatoms. The zero-order chi connectivity index (χ0) is 15.9. The summed E-state index contributed by atoms with van der Waals surface area (Å²) >= 11 is 1.32. The van der Waals surface area contributed by atoms with Crippen molar-refractivity contribution in [3.8, 4) is 0 Å². The van der Waals surface area contributed by atoms with Gasteiger partial charge in [0, 0.05) is 23.2 Å². The van der Waals surface area contributed by atoms with Crippen molar-refractivity contribution < 1.29 is 14.0 Å². The van der Waals surface area contributed by atoms with E-state index < -0.39 is 0 Å². The Morgan fingerprint density at radius 2 is 1.68 bits per heavy atom. The van der Waals surface area contributed by atoms with E-state index in [1.807, 2.05) is 0 Å². The van der Waals surface area contributed by atoms with E-state index in [9.17, 15) is 14.0 Å². The number of carbonyl (C=O) groups is 2. The van der Waals surface area contributed by atoms with Crippen LogP contribution in [0.4, 0.5) is 15.8 Å². The Bertz CT molecular complexity index is 674. The molecule has 22 heavy (non-hydrogen) atoms. The van der Waals surface area contributed by atoms with E-state index in [0.717, 1.165) is 4.90 Å². The molecule has 2 aromatic rings. The largest absolute Gasteiger partial charge is 0.326 e. The minimum Gasteiger partial charge on any atom is -0.326 e. The lowest BCUT2D eigenvalue weighted by Crippen LogP contribution is -2.14. The van der Waals surface area contributed by atoms with Gasteiger partial charge in [0.1, 0.15) is 5.82 Å². The molecule has 4 nitrogen and oxygen atoms in total. The van der Waals surface area contributed by atoms with Gasteiger partial charge in [-0.1, -0.05) is 6.07 Å². The summed E-state index contributed by atoms with van der Waals surface area (Å²) in [5.41, 5.74) is 1.23. The van der Waals surface area contributed by atoms with Crippen molar-refractivity contribution in [1.29, 1.82) is 0 Å². The van der Waals surface area contributed by atoms with Gasteiger partial charge in [0.05, 0.1) is 5.75 Å². The molecule has 2 rings (SSSR count). The van der Waals surface area contributed by atoms with E-state index in [0.29, 0.717) is 11.4 Å². The summed E-state index contributed by atoms with van der Waals surface area (Å²) in [5.74, 6) is -0.427. The Hall–Kier alpha value is -2.34. The summed E-state index contributed by atoms with van der Waals surface area (Å²) in [6, 6.07) is 12.9. The highest BCUT2D eigenvalue weighted by atomic mass is 32.2. The molecular formula is C16H15FN2O2S. The van der Waals surface area contributed by atoms with Crippen molar-refractivity contribution in [1.82, 2.24) is 0 Å². The number of hydrogen-bond acceptors (Lipinski definition) is 3. The van der Waals surface area contributed by atoms with Crippen molar-refractivity contribution in [3.63, 3.8) is 0 Å². The van der Waals surface area contributed by atoms with Gasteiger partial charge in [0.25, 0.3) is 0 Å². The van der Waals surface area contributed by atoms with Crippen LogP contribution < -0.4 is 10.6 Å². The number of benzene rings is 2. The highest BCUT2D eigenvalue weighted by molar-refractivity contribution is 8.00. The smallest absolute Gasteiger partial charge is 0.234 e. The van der Waals surface area contributed by atoms with Crippen LogP contribution in [0.15, 0.2) is 53.4 Å². The maximum Gasteiger partial charge on any atom is 0.234 e. The van der Waals surface area contributed by atoms with Gasteiger partial charge >= 0.3 is 0 Å². The van der Waals surface area contributed by atoms with Gasteiger partial charge in [0.2, 0.25) is 11.8 Å². The van der Waals surface area contributed by atoms with Crippen LogP contribution in [-0.2, 0) is 9.59 Å². The van der Waals surface area contributed by atoms with E-state index in [2.05, 4.69) is 10.6 Å². The quantitative estimate of drug-likeness (QED) is 0.829. The standard InChI is InChI=1S/C16H15FN2O2S/c1-11(20)18-13-3-2-4-14(9-13)19-16(21)10-22-15-7-5-12(17)6-8-15/h2-9H,10H2,1H3,(H,18,20)(H,19,21). The first-order chi connectivity index (χ1) is 10.5. The molecule has 114 valence electrons. The monoisotopic (exact) mass is 318 g/mol. The Morgan fingerprint density at radius 1 is 1.05 bits per heavy atom. The third kappa shape index (κ3) is 5.21. The Balaban J connectivity index is 1.89. The molecule has 0 aliphatic heterocycles. The van der Waals surface area contributed by atoms with E-state index >= 15 is 0 Å². The number of hydrogen-bond donors (Lipinski definition) is 2. The minimum atomic E-state index is -0.302. The molecule has 0 saturated carbocycles. The number of nitrogens with one attached hydrogen (secondary N) is 2. The lowest BCUT2D eigenvalue weighted by Gasteiger charge is -2.08. The second-order valence-corrected chi connectivity index (χ2v) is 5.60. The molecule has 0 radical (unpaired) electrons. The molecular weight excluding hydrogens is 303 g/mol. The van der Waals surface area contributed by atoms with Gasteiger partial charge in [-0.15, -0.1) is 11.8 Å². The molecule has 0 unspecified atom stereocenters. The molecule has 0 saturated heterocycles. The van der Waals surface area contributed by atoms with Crippen molar-refractivity contribution >= 4 is 35.0 Å². The van der Waals surface area contributed by atoms with Gasteiger partial charge in [-0.25, -0.2) is 4.39 Å². The van der Waals surface area contributed by atoms with E-state index in [-0.39, 0.29) is 23.4 Å². The summed E-state index contributed by atoms with van der Waals surface area (Å²) in [6.45, 7) is 1.42. The molecule has 0 spiro atoms. The molecule has 2 N–H and O–H groups in total. The lowest BCUT2D eigenvalue weighted by molar-refractivity contribution is -0.114. The van der Waals surface area contributed by atoms with Crippen LogP contribution in [0.25, 0.3) is 0 Å². The number of carbonyl (C=O) groups excluding carboxylic acids is 2. The molecule has 0 fully saturated rings. The molecule has 0 aromatic heterocycles. The maximum absolute atomic E-state index is 12.8. The SMILES string of the molecule is CC(=O)Nc1cccc(NC(=O)CSc2ccc(F)cc2)c1. The van der Waals surface area contributed by atoms with Crippen LogP contribution in [-0.4, -0.2) is 17.6 Å². The zero-order valence-electron chi connectivity index (χ0n) is 11.9. The highest BCUT2D eigenvalue weighted by Crippen LogP contribution is 2.19. The van der Waals surface area contributed by atoms with Crippen LogP contribution in [0.2, 0.25) is 0 Å². The highest BCUT2D eigenvalue weighted by Gasteiger charge is 2.05. The second kappa shape index (κ2) is 7.61. The van der Waals surface area contributed by atoms with Crippen LogP contribution in [0.3, 0.4) is 0 Å². The normalized spacial score (nSPS) is 10.1. The Kier molecular flexibility index (Phi) is 5.55. The number of thioether (sulfide) groups is 1. The van der Waals surface area contributed by atoms with Crippen LogP contribution in [0.1, 0.15) is 6.92 Å². The number of rotatable bonds is 5. The average molecular weight is 318 g/mol. The van der Waals surface area contributed by atoms with Crippen LogP contribution >= 0.6 is 11.8 Å². The summed E-state index contributed by atoms with van der Waals surface area (Å²) in [6.07, 6.45) is 0. The van der Waals surface area contributed by atoms with Crippen molar-refractivity contribution in [2.45, 2.75) is 11.8 Å². The minimum absolute atomic E-state index is 0.171. The maximum atomic E-state index is 12.8. The van der Waals surface area contributed by atoms with Crippen LogP contribution in [0.5, 0.6) is 0 Å². The second-order valence-electron chi connectivity index (χ2n) is 4.55. The third-order valence-electron chi connectivity index (χ3n) is 2.65. The Morgan fingerprint density at radius 3 is 2.32 bits per heavy atom. The zero-order valence-corrected chi connectivity index (χ0v) is 12.7. The predicted molar refractivity (Wildman–Crippen MR) is 86.5 cm³/mol. The fraction of sp³-hybridized carbons (Fsp3) is 0.125. The van der Waals surface area contributed by atoms with Crippen LogP contribution in [0, 0.1) is 5.82 Å². The van der Waals surface area contributed by atoms with E-state index in [1.54, 1.807) is 36.4 Å². The van der Waals surface area contributed by atoms with Crippen molar-refractivity contribution in [3.05, 3.63) is 54.3 Å². The van der Waals surface area contributed by atoms with Gasteiger partial charge in [0.15, 0.2) is 0 Å². The first-order valence-electron chi connectivity index (χ1n) is 6.59. The summed E-state index contributed by atoms with van der Waals surface area (Å²) in [5, 5.41) is 5.40. The van der Waals surface area contributed by atoms with E-state index in [1.165, 1.54) is 30.8 Å². The van der Waals surface area contributed by atoms with E-state index in [4.69, 9.17) is 0 Å². The first kappa shape index (κ1) is 16.0. The third-order valence-corrected chi connectivity index (χ3v) is 3.66. The van der Waals surface area contributed by atoms with Gasteiger partial charge in [-0.05, 0) is 42.5 Å². The Labute approximate surface area is 132 Å². The predicted octanol–water partition coefficient (Wildman–Crippen LogP) is 3.51. The van der Waals surface area contributed by atoms with Gasteiger partial charge in [-0.3, -0.25) is 9.59 Å². The number of amides is 2. The molecule has 0 aliphatic carbocycles. The summed E-state index contributed by atoms with van der Waals surface area (Å²) in [4.78, 5) is 23.7. The first-order valence-corrected chi connectivity index (χ1v) is 7.57. The summed E-state index contributed by atoms with van der Waals surface area (Å²) < 4.78 is 12.8. The molecule has 0 bridgehead atoms. The van der Waals surface area contributed by atoms with Gasteiger partial charge in [-0.2, -0.15) is 0 Å². The topological polar surface area (TPSA) is 58.2 Å². The summed E-state index contributed by atoms with van der Waals surface area (Å²) in [7, 11) is 0. The van der Waals surface area contributed by atoms with Gasteiger partial charge < -0.3 is 10.6 Å². The average Bonchev–Trinajstić information content (AvgIpc) is 2.46. The lowest BCUT2D eigenvalue weighted by atomic mass is 10.2. The molecule has 2 amide bonds. The molecule has 2 aromatic carbocycles.